The Morgan fingerprint density at radius 2 is 1.77 bits per heavy atom. The summed E-state index contributed by atoms with van der Waals surface area (Å²) in [5.74, 6) is -0.666. The fourth-order valence-corrected chi connectivity index (χ4v) is 2.01. The minimum Gasteiger partial charge on any atom is -0.493 e. The zero-order chi connectivity index (χ0) is 16.1. The number of carbonyl (C=O) groups is 1. The van der Waals surface area contributed by atoms with Crippen molar-refractivity contribution >= 4 is 11.6 Å². The molecule has 0 aliphatic rings. The molecule has 6 heteroatoms. The van der Waals surface area contributed by atoms with Gasteiger partial charge in [-0.3, -0.25) is 4.79 Å². The Morgan fingerprint density at radius 3 is 2.36 bits per heavy atom. The molecule has 116 valence electrons. The first-order valence-corrected chi connectivity index (χ1v) is 6.49. The number of methoxy groups -OCH3 is 1. The van der Waals surface area contributed by atoms with Crippen LogP contribution in [0.4, 0.5) is 14.5 Å². The molecule has 0 aliphatic heterocycles. The molecule has 0 atom stereocenters. The van der Waals surface area contributed by atoms with Crippen LogP contribution in [0.3, 0.4) is 0 Å². The fourth-order valence-electron chi connectivity index (χ4n) is 2.01. The number of halogens is 2. The van der Waals surface area contributed by atoms with Gasteiger partial charge in [0.2, 0.25) is 0 Å². The van der Waals surface area contributed by atoms with Gasteiger partial charge in [0.1, 0.15) is 0 Å². The molecule has 22 heavy (non-hydrogen) atoms. The van der Waals surface area contributed by atoms with Crippen molar-refractivity contribution in [2.45, 2.75) is 6.61 Å². The molecule has 2 aromatic carbocycles. The van der Waals surface area contributed by atoms with E-state index < -0.39 is 12.5 Å². The van der Waals surface area contributed by atoms with Crippen molar-refractivity contribution < 1.29 is 23.0 Å². The summed E-state index contributed by atoms with van der Waals surface area (Å²) in [6.07, 6.45) is 0. The molecule has 0 fully saturated rings. The first-order chi connectivity index (χ1) is 10.5. The van der Waals surface area contributed by atoms with E-state index in [-0.39, 0.29) is 17.1 Å². The molecule has 0 saturated carbocycles. The molecule has 0 saturated heterocycles. The minimum absolute atomic E-state index is 0.00556. The molecule has 0 aliphatic carbocycles. The first kappa shape index (κ1) is 15.8. The van der Waals surface area contributed by atoms with E-state index in [4.69, 9.17) is 4.74 Å². The lowest BCUT2D eigenvalue weighted by atomic mass is 10.1. The quantitative estimate of drug-likeness (QED) is 0.847. The van der Waals surface area contributed by atoms with Gasteiger partial charge < -0.3 is 14.4 Å². The summed E-state index contributed by atoms with van der Waals surface area (Å²) in [5, 5.41) is 0. The number of rotatable bonds is 5. The van der Waals surface area contributed by atoms with E-state index in [1.165, 1.54) is 24.1 Å². The number of anilines is 1. The Morgan fingerprint density at radius 1 is 1.09 bits per heavy atom. The maximum Gasteiger partial charge on any atom is 0.387 e. The van der Waals surface area contributed by atoms with Gasteiger partial charge >= 0.3 is 6.61 Å². The zero-order valence-electron chi connectivity index (χ0n) is 12.1. The predicted octanol–water partition coefficient (Wildman–Crippen LogP) is 3.57. The van der Waals surface area contributed by atoms with Crippen LogP contribution in [-0.4, -0.2) is 26.7 Å². The Bertz CT molecular complexity index is 647. The number of ether oxygens (including phenoxy) is 2. The van der Waals surface area contributed by atoms with E-state index in [9.17, 15) is 13.6 Å². The van der Waals surface area contributed by atoms with Crippen LogP contribution in [0.15, 0.2) is 48.5 Å². The number of hydrogen-bond acceptors (Lipinski definition) is 3. The normalized spacial score (nSPS) is 10.4. The summed E-state index contributed by atoms with van der Waals surface area (Å²) in [6, 6.07) is 13.3. The summed E-state index contributed by atoms with van der Waals surface area (Å²) < 4.78 is 34.7. The van der Waals surface area contributed by atoms with E-state index in [1.807, 2.05) is 6.07 Å². The van der Waals surface area contributed by atoms with Crippen molar-refractivity contribution in [3.63, 3.8) is 0 Å². The van der Waals surface area contributed by atoms with Gasteiger partial charge in [0.05, 0.1) is 12.7 Å². The van der Waals surface area contributed by atoms with Crippen molar-refractivity contribution in [2.24, 2.45) is 0 Å². The zero-order valence-corrected chi connectivity index (χ0v) is 12.1. The lowest BCUT2D eigenvalue weighted by molar-refractivity contribution is -0.0515. The second-order valence-corrected chi connectivity index (χ2v) is 4.42. The SMILES string of the molecule is COc1cccc(C(=O)N(C)c2ccccc2)c1OC(F)F. The minimum atomic E-state index is -3.05. The van der Waals surface area contributed by atoms with E-state index in [2.05, 4.69) is 4.74 Å². The number of para-hydroxylation sites is 2. The maximum absolute atomic E-state index is 12.6. The third-order valence-electron chi connectivity index (χ3n) is 3.08. The van der Waals surface area contributed by atoms with Gasteiger partial charge in [0, 0.05) is 12.7 Å². The van der Waals surface area contributed by atoms with E-state index >= 15 is 0 Å². The van der Waals surface area contributed by atoms with Gasteiger partial charge in [-0.15, -0.1) is 0 Å². The van der Waals surface area contributed by atoms with Crippen molar-refractivity contribution in [2.75, 3.05) is 19.1 Å². The number of alkyl halides is 2. The van der Waals surface area contributed by atoms with Crippen LogP contribution in [0.25, 0.3) is 0 Å². The molecule has 2 aromatic rings. The Kier molecular flexibility index (Phi) is 4.93. The highest BCUT2D eigenvalue weighted by atomic mass is 19.3. The molecule has 0 radical (unpaired) electrons. The van der Waals surface area contributed by atoms with Crippen LogP contribution in [0.1, 0.15) is 10.4 Å². The molecule has 4 nitrogen and oxygen atoms in total. The van der Waals surface area contributed by atoms with Crippen molar-refractivity contribution in [3.05, 3.63) is 54.1 Å². The van der Waals surface area contributed by atoms with Crippen molar-refractivity contribution in [1.82, 2.24) is 0 Å². The standard InChI is InChI=1S/C16H15F2NO3/c1-19(11-7-4-3-5-8-11)15(20)12-9-6-10-13(21-2)14(12)22-16(17)18/h3-10,16H,1-2H3. The molecular weight excluding hydrogens is 292 g/mol. The average molecular weight is 307 g/mol. The topological polar surface area (TPSA) is 38.8 Å². The molecule has 1 amide bonds. The number of hydrogen-bond donors (Lipinski definition) is 0. The van der Waals surface area contributed by atoms with Gasteiger partial charge in [-0.2, -0.15) is 8.78 Å². The first-order valence-electron chi connectivity index (χ1n) is 6.49. The van der Waals surface area contributed by atoms with Crippen molar-refractivity contribution in [1.29, 1.82) is 0 Å². The van der Waals surface area contributed by atoms with Crippen LogP contribution >= 0.6 is 0 Å². The Hall–Kier alpha value is -2.63. The molecule has 0 aromatic heterocycles. The largest absolute Gasteiger partial charge is 0.493 e. The molecule has 0 bridgehead atoms. The lowest BCUT2D eigenvalue weighted by Crippen LogP contribution is -2.27. The van der Waals surface area contributed by atoms with Gasteiger partial charge in [-0.05, 0) is 24.3 Å². The monoisotopic (exact) mass is 307 g/mol. The highest BCUT2D eigenvalue weighted by molar-refractivity contribution is 6.08. The van der Waals surface area contributed by atoms with Crippen LogP contribution in [0.5, 0.6) is 11.5 Å². The van der Waals surface area contributed by atoms with Crippen molar-refractivity contribution in [3.8, 4) is 11.5 Å². The van der Waals surface area contributed by atoms with Gasteiger partial charge in [0.25, 0.3) is 5.91 Å². The summed E-state index contributed by atoms with van der Waals surface area (Å²) in [7, 11) is 2.88. The number of benzene rings is 2. The number of carbonyl (C=O) groups excluding carboxylic acids is 1. The summed E-state index contributed by atoms with van der Waals surface area (Å²) in [5.41, 5.74) is 0.643. The van der Waals surface area contributed by atoms with Gasteiger partial charge in [0.15, 0.2) is 11.5 Å². The maximum atomic E-state index is 12.6. The highest BCUT2D eigenvalue weighted by Crippen LogP contribution is 2.33. The molecule has 0 N–H and O–H groups in total. The fraction of sp³-hybridized carbons (Fsp3) is 0.188. The third-order valence-corrected chi connectivity index (χ3v) is 3.08. The Labute approximate surface area is 126 Å². The van der Waals surface area contributed by atoms with Gasteiger partial charge in [-0.1, -0.05) is 24.3 Å². The molecule has 0 spiro atoms. The second-order valence-electron chi connectivity index (χ2n) is 4.42. The summed E-state index contributed by atoms with van der Waals surface area (Å²) in [6.45, 7) is -3.05. The van der Waals surface area contributed by atoms with Crippen LogP contribution in [0.2, 0.25) is 0 Å². The van der Waals surface area contributed by atoms with E-state index in [0.29, 0.717) is 5.69 Å². The molecule has 0 heterocycles. The average Bonchev–Trinajstić information content (AvgIpc) is 2.54. The van der Waals surface area contributed by atoms with Crippen LogP contribution in [-0.2, 0) is 0 Å². The molecule has 2 rings (SSSR count). The lowest BCUT2D eigenvalue weighted by Gasteiger charge is -2.20. The highest BCUT2D eigenvalue weighted by Gasteiger charge is 2.23. The Balaban J connectivity index is 2.41. The second kappa shape index (κ2) is 6.89. The van der Waals surface area contributed by atoms with E-state index in [1.54, 1.807) is 37.4 Å². The summed E-state index contributed by atoms with van der Waals surface area (Å²) >= 11 is 0. The van der Waals surface area contributed by atoms with Crippen LogP contribution in [0, 0.1) is 0 Å². The number of nitrogens with zero attached hydrogens (tertiary/aromatic N) is 1. The predicted molar refractivity (Wildman–Crippen MR) is 78.8 cm³/mol. The van der Waals surface area contributed by atoms with E-state index in [0.717, 1.165) is 0 Å². The molecule has 0 unspecified atom stereocenters. The molecular formula is C16H15F2NO3. The van der Waals surface area contributed by atoms with Crippen LogP contribution < -0.4 is 14.4 Å². The number of amides is 1. The summed E-state index contributed by atoms with van der Waals surface area (Å²) in [4.78, 5) is 13.9. The van der Waals surface area contributed by atoms with Gasteiger partial charge in [-0.25, -0.2) is 0 Å². The smallest absolute Gasteiger partial charge is 0.387 e. The third kappa shape index (κ3) is 3.33.